The van der Waals surface area contributed by atoms with Gasteiger partial charge in [0.2, 0.25) is 5.91 Å². The van der Waals surface area contributed by atoms with E-state index in [4.69, 9.17) is 5.26 Å². The van der Waals surface area contributed by atoms with Crippen LogP contribution in [0.1, 0.15) is 23.3 Å². The fourth-order valence-electron chi connectivity index (χ4n) is 1.94. The molecule has 1 aromatic heterocycles. The van der Waals surface area contributed by atoms with Gasteiger partial charge in [-0.2, -0.15) is 5.26 Å². The molecule has 2 rings (SSSR count). The molecule has 4 heteroatoms. The number of amides is 1. The minimum atomic E-state index is 0.103. The summed E-state index contributed by atoms with van der Waals surface area (Å²) < 4.78 is 0. The molecule has 20 heavy (non-hydrogen) atoms. The zero-order valence-electron chi connectivity index (χ0n) is 11.4. The molecule has 0 unspecified atom stereocenters. The lowest BCUT2D eigenvalue weighted by Crippen LogP contribution is -2.25. The highest BCUT2D eigenvalue weighted by Gasteiger charge is 2.10. The third kappa shape index (κ3) is 3.69. The number of carbonyl (C=O) groups excluding carboxylic acids is 1. The molecule has 0 bridgehead atoms. The number of carbonyl (C=O) groups is 1. The summed E-state index contributed by atoms with van der Waals surface area (Å²) in [5, 5.41) is 10.8. The Hall–Kier alpha value is -2.12. The summed E-state index contributed by atoms with van der Waals surface area (Å²) in [5.41, 5.74) is 1.43. The van der Waals surface area contributed by atoms with Gasteiger partial charge < -0.3 is 4.90 Å². The minimum Gasteiger partial charge on any atom is -0.316 e. The quantitative estimate of drug-likeness (QED) is 0.842. The predicted molar refractivity (Wildman–Crippen MR) is 81.8 cm³/mol. The summed E-state index contributed by atoms with van der Waals surface area (Å²) in [6.45, 7) is 0. The first-order valence-corrected chi connectivity index (χ1v) is 7.38. The Morgan fingerprint density at radius 2 is 2.05 bits per heavy atom. The van der Waals surface area contributed by atoms with Crippen molar-refractivity contribution in [1.82, 2.24) is 0 Å². The van der Waals surface area contributed by atoms with E-state index in [0.717, 1.165) is 18.5 Å². The first-order valence-electron chi connectivity index (χ1n) is 6.50. The van der Waals surface area contributed by atoms with Gasteiger partial charge in [0.1, 0.15) is 0 Å². The molecule has 1 amide bonds. The largest absolute Gasteiger partial charge is 0.316 e. The van der Waals surface area contributed by atoms with Gasteiger partial charge in [-0.25, -0.2) is 0 Å². The molecule has 1 aromatic carbocycles. The molecule has 3 nitrogen and oxygen atoms in total. The van der Waals surface area contributed by atoms with Crippen LogP contribution in [0.15, 0.2) is 41.8 Å². The molecule has 0 spiro atoms. The summed E-state index contributed by atoms with van der Waals surface area (Å²) >= 11 is 1.73. The number of thiophene rings is 1. The molecule has 0 saturated carbocycles. The van der Waals surface area contributed by atoms with Crippen LogP contribution in [0.3, 0.4) is 0 Å². The summed E-state index contributed by atoms with van der Waals surface area (Å²) in [7, 11) is 1.77. The molecule has 0 N–H and O–H groups in total. The standard InChI is InChI=1S/C16H16N2OS/c1-18(14-9-7-13(12-17)8-10-14)16(19)6-2-4-15-5-3-11-20-15/h3,5,7-11H,2,4,6H2,1H3. The van der Waals surface area contributed by atoms with Gasteiger partial charge >= 0.3 is 0 Å². The van der Waals surface area contributed by atoms with Crippen molar-refractivity contribution < 1.29 is 4.79 Å². The average Bonchev–Trinajstić information content (AvgIpc) is 2.99. The molecule has 0 aliphatic rings. The van der Waals surface area contributed by atoms with Crippen molar-refractivity contribution in [3.63, 3.8) is 0 Å². The fraction of sp³-hybridized carbons (Fsp3) is 0.250. The van der Waals surface area contributed by atoms with E-state index in [0.29, 0.717) is 12.0 Å². The van der Waals surface area contributed by atoms with E-state index in [-0.39, 0.29) is 5.91 Å². The molecule has 0 saturated heterocycles. The zero-order chi connectivity index (χ0) is 14.4. The maximum absolute atomic E-state index is 12.1. The van der Waals surface area contributed by atoms with Crippen LogP contribution in [0.25, 0.3) is 0 Å². The maximum Gasteiger partial charge on any atom is 0.226 e. The molecular weight excluding hydrogens is 268 g/mol. The lowest BCUT2D eigenvalue weighted by Gasteiger charge is -2.17. The van der Waals surface area contributed by atoms with Gasteiger partial charge in [-0.1, -0.05) is 6.07 Å². The van der Waals surface area contributed by atoms with E-state index < -0.39 is 0 Å². The van der Waals surface area contributed by atoms with Crippen LogP contribution in [0.5, 0.6) is 0 Å². The molecule has 0 radical (unpaired) electrons. The predicted octanol–water partition coefficient (Wildman–Crippen LogP) is 3.61. The van der Waals surface area contributed by atoms with E-state index in [9.17, 15) is 4.79 Å². The third-order valence-corrected chi connectivity index (χ3v) is 4.09. The minimum absolute atomic E-state index is 0.103. The summed E-state index contributed by atoms with van der Waals surface area (Å²) in [4.78, 5) is 15.1. The first kappa shape index (κ1) is 14.3. The highest BCUT2D eigenvalue weighted by molar-refractivity contribution is 7.09. The van der Waals surface area contributed by atoms with Crippen molar-refractivity contribution in [2.45, 2.75) is 19.3 Å². The van der Waals surface area contributed by atoms with E-state index in [1.807, 2.05) is 6.07 Å². The molecule has 0 atom stereocenters. The van der Waals surface area contributed by atoms with E-state index in [1.165, 1.54) is 4.88 Å². The summed E-state index contributed by atoms with van der Waals surface area (Å²) in [5.74, 6) is 0.103. The van der Waals surface area contributed by atoms with Gasteiger partial charge in [-0.3, -0.25) is 4.79 Å². The third-order valence-electron chi connectivity index (χ3n) is 3.15. The Labute approximate surface area is 123 Å². The number of benzene rings is 1. The monoisotopic (exact) mass is 284 g/mol. The van der Waals surface area contributed by atoms with Gasteiger partial charge in [0, 0.05) is 24.0 Å². The highest BCUT2D eigenvalue weighted by atomic mass is 32.1. The average molecular weight is 284 g/mol. The van der Waals surface area contributed by atoms with Gasteiger partial charge in [0.05, 0.1) is 11.6 Å². The second kappa shape index (κ2) is 6.88. The van der Waals surface area contributed by atoms with Crippen molar-refractivity contribution in [2.75, 3.05) is 11.9 Å². The number of nitriles is 1. The van der Waals surface area contributed by atoms with Crippen molar-refractivity contribution in [3.8, 4) is 6.07 Å². The molecular formula is C16H16N2OS. The van der Waals surface area contributed by atoms with Crippen molar-refractivity contribution >= 4 is 22.9 Å². The van der Waals surface area contributed by atoms with Gasteiger partial charge in [-0.05, 0) is 48.6 Å². The lowest BCUT2D eigenvalue weighted by atomic mass is 10.1. The van der Waals surface area contributed by atoms with Gasteiger partial charge in [0.25, 0.3) is 0 Å². The van der Waals surface area contributed by atoms with Crippen LogP contribution < -0.4 is 4.90 Å². The Morgan fingerprint density at radius 3 is 2.65 bits per heavy atom. The van der Waals surface area contributed by atoms with Crippen molar-refractivity contribution in [3.05, 3.63) is 52.2 Å². The van der Waals surface area contributed by atoms with Crippen LogP contribution in [-0.4, -0.2) is 13.0 Å². The first-order chi connectivity index (χ1) is 9.70. The molecule has 0 fully saturated rings. The van der Waals surface area contributed by atoms with E-state index in [1.54, 1.807) is 47.5 Å². The second-order valence-electron chi connectivity index (χ2n) is 4.54. The Bertz CT molecular complexity index is 596. The number of nitrogens with zero attached hydrogens (tertiary/aromatic N) is 2. The van der Waals surface area contributed by atoms with E-state index >= 15 is 0 Å². The zero-order valence-corrected chi connectivity index (χ0v) is 12.2. The summed E-state index contributed by atoms with van der Waals surface area (Å²) in [6, 6.07) is 13.3. The van der Waals surface area contributed by atoms with E-state index in [2.05, 4.69) is 17.5 Å². The van der Waals surface area contributed by atoms with Crippen LogP contribution in [-0.2, 0) is 11.2 Å². The number of anilines is 1. The van der Waals surface area contributed by atoms with Crippen LogP contribution in [0.2, 0.25) is 0 Å². The Morgan fingerprint density at radius 1 is 1.30 bits per heavy atom. The Balaban J connectivity index is 1.86. The van der Waals surface area contributed by atoms with Gasteiger partial charge in [-0.15, -0.1) is 11.3 Å². The molecule has 0 aliphatic carbocycles. The number of hydrogen-bond acceptors (Lipinski definition) is 3. The molecule has 0 aliphatic heterocycles. The second-order valence-corrected chi connectivity index (χ2v) is 5.58. The number of rotatable bonds is 5. The fourth-order valence-corrected chi connectivity index (χ4v) is 2.69. The smallest absolute Gasteiger partial charge is 0.226 e. The number of hydrogen-bond donors (Lipinski definition) is 0. The van der Waals surface area contributed by atoms with Crippen molar-refractivity contribution in [1.29, 1.82) is 5.26 Å². The normalized spacial score (nSPS) is 10.0. The van der Waals surface area contributed by atoms with Crippen molar-refractivity contribution in [2.24, 2.45) is 0 Å². The Kier molecular flexibility index (Phi) is 4.91. The topological polar surface area (TPSA) is 44.1 Å². The lowest BCUT2D eigenvalue weighted by molar-refractivity contribution is -0.118. The molecule has 102 valence electrons. The van der Waals surface area contributed by atoms with Crippen LogP contribution >= 0.6 is 11.3 Å². The van der Waals surface area contributed by atoms with Crippen LogP contribution in [0.4, 0.5) is 5.69 Å². The molecule has 2 aromatic rings. The highest BCUT2D eigenvalue weighted by Crippen LogP contribution is 2.16. The van der Waals surface area contributed by atoms with Gasteiger partial charge in [0.15, 0.2) is 0 Å². The SMILES string of the molecule is CN(C(=O)CCCc1cccs1)c1ccc(C#N)cc1. The molecule has 1 heterocycles. The number of aryl methyl sites for hydroxylation is 1. The maximum atomic E-state index is 12.1. The summed E-state index contributed by atoms with van der Waals surface area (Å²) in [6.07, 6.45) is 2.35. The van der Waals surface area contributed by atoms with Crippen LogP contribution in [0, 0.1) is 11.3 Å².